The molecule has 1 heterocycles. The smallest absolute Gasteiger partial charge is 0.165 e. The van der Waals surface area contributed by atoms with Gasteiger partial charge < -0.3 is 15.0 Å². The van der Waals surface area contributed by atoms with Crippen LogP contribution in [0.4, 0.5) is 5.69 Å². The van der Waals surface area contributed by atoms with Crippen molar-refractivity contribution >= 4 is 58.0 Å². The van der Waals surface area contributed by atoms with E-state index in [9.17, 15) is 5.11 Å². The average Bonchev–Trinajstić information content (AvgIpc) is 2.85. The molecule has 24 heavy (non-hydrogen) atoms. The summed E-state index contributed by atoms with van der Waals surface area (Å²) in [5, 5.41) is 16.4. The van der Waals surface area contributed by atoms with Crippen LogP contribution in [0.5, 0.6) is 5.88 Å². The maximum atomic E-state index is 12.7. The van der Waals surface area contributed by atoms with Crippen LogP contribution in [-0.4, -0.2) is 9.56 Å². The predicted molar refractivity (Wildman–Crippen MR) is 105 cm³/mol. The zero-order valence-corrected chi connectivity index (χ0v) is 15.8. The van der Waals surface area contributed by atoms with E-state index in [4.69, 9.17) is 36.0 Å². The van der Waals surface area contributed by atoms with Gasteiger partial charge in [0.05, 0.1) is 4.88 Å². The molecule has 0 aliphatic carbocycles. The molecule has 2 aromatic carbocycles. The van der Waals surface area contributed by atoms with E-state index in [1.807, 2.05) is 31.2 Å². The van der Waals surface area contributed by atoms with Gasteiger partial charge in [0.15, 0.2) is 3.95 Å². The number of hydrogen-bond acceptors (Lipinski definition) is 4. The fourth-order valence-electron chi connectivity index (χ4n) is 2.14. The number of hydrogen-bond donors (Lipinski definition) is 1. The van der Waals surface area contributed by atoms with Gasteiger partial charge in [0.25, 0.3) is 0 Å². The lowest BCUT2D eigenvalue weighted by Crippen LogP contribution is -2.13. The third-order valence-corrected chi connectivity index (χ3v) is 5.43. The van der Waals surface area contributed by atoms with Crippen LogP contribution in [0.25, 0.3) is 5.69 Å². The highest BCUT2D eigenvalue weighted by atomic mass is 35.5. The van der Waals surface area contributed by atoms with Gasteiger partial charge in [-0.2, -0.15) is 0 Å². The molecule has 0 fully saturated rings. The van der Waals surface area contributed by atoms with Gasteiger partial charge in [-0.1, -0.05) is 41.5 Å². The molecule has 122 valence electrons. The summed E-state index contributed by atoms with van der Waals surface area (Å²) in [5.74, 6) is -0.225. The SMILES string of the molecule is Cc1ccc(NC(=S)c2sc(=S)n(-c3ccc(Cl)cc3)c2[O-])cc1. The van der Waals surface area contributed by atoms with Crippen molar-refractivity contribution in [2.24, 2.45) is 0 Å². The van der Waals surface area contributed by atoms with Crippen molar-refractivity contribution in [3.63, 3.8) is 0 Å². The lowest BCUT2D eigenvalue weighted by atomic mass is 10.2. The Hall–Kier alpha value is -1.73. The first kappa shape index (κ1) is 17.1. The van der Waals surface area contributed by atoms with E-state index in [1.165, 1.54) is 15.9 Å². The molecule has 7 heteroatoms. The Morgan fingerprint density at radius 2 is 1.75 bits per heavy atom. The first-order valence-corrected chi connectivity index (χ1v) is 9.03. The quantitative estimate of drug-likeness (QED) is 0.631. The van der Waals surface area contributed by atoms with Crippen molar-refractivity contribution in [3.05, 3.63) is 67.9 Å². The summed E-state index contributed by atoms with van der Waals surface area (Å²) in [7, 11) is 0. The maximum Gasteiger partial charge on any atom is 0.165 e. The number of nitrogens with one attached hydrogen (secondary N) is 1. The zero-order valence-electron chi connectivity index (χ0n) is 12.6. The number of benzene rings is 2. The van der Waals surface area contributed by atoms with Gasteiger partial charge in [-0.25, -0.2) is 0 Å². The van der Waals surface area contributed by atoms with Gasteiger partial charge >= 0.3 is 0 Å². The van der Waals surface area contributed by atoms with Crippen molar-refractivity contribution in [3.8, 4) is 11.6 Å². The summed E-state index contributed by atoms with van der Waals surface area (Å²) in [6.45, 7) is 2.01. The number of thiocarbonyl (C=S) groups is 1. The van der Waals surface area contributed by atoms with E-state index >= 15 is 0 Å². The van der Waals surface area contributed by atoms with E-state index in [1.54, 1.807) is 24.3 Å². The minimum absolute atomic E-state index is 0.225. The first-order chi connectivity index (χ1) is 11.5. The molecule has 3 nitrogen and oxygen atoms in total. The molecule has 0 saturated carbocycles. The summed E-state index contributed by atoms with van der Waals surface area (Å²) >= 11 is 17.8. The normalized spacial score (nSPS) is 10.6. The third-order valence-electron chi connectivity index (χ3n) is 3.37. The van der Waals surface area contributed by atoms with E-state index < -0.39 is 0 Å². The first-order valence-electron chi connectivity index (χ1n) is 7.02. The van der Waals surface area contributed by atoms with Crippen molar-refractivity contribution in [1.82, 2.24) is 4.57 Å². The van der Waals surface area contributed by atoms with Gasteiger partial charge in [0.2, 0.25) is 0 Å². The number of nitrogens with zero attached hydrogens (tertiary/aromatic N) is 1. The number of halogens is 1. The standard InChI is InChI=1S/C17H13ClN2OS3/c1-10-2-6-12(7-3-10)19-15(22)14-16(21)20(17(23)24-14)13-8-4-11(18)5-9-13/h2-9,21H,1H3,(H,19,22)/p-1. The molecule has 0 aliphatic rings. The summed E-state index contributed by atoms with van der Waals surface area (Å²) in [6.07, 6.45) is 0. The second-order valence-electron chi connectivity index (χ2n) is 5.13. The number of aryl methyl sites for hydroxylation is 1. The molecule has 0 amide bonds. The minimum atomic E-state index is -0.225. The molecule has 3 rings (SSSR count). The van der Waals surface area contributed by atoms with Gasteiger partial charge in [-0.15, -0.1) is 11.3 Å². The van der Waals surface area contributed by atoms with Crippen molar-refractivity contribution in [2.75, 3.05) is 5.32 Å². The number of rotatable bonds is 3. The Bertz CT molecular complexity index is 943. The largest absolute Gasteiger partial charge is 0.859 e. The van der Waals surface area contributed by atoms with Crippen molar-refractivity contribution in [2.45, 2.75) is 6.92 Å². The number of anilines is 1. The second kappa shape index (κ2) is 7.03. The molecule has 1 N–H and O–H groups in total. The summed E-state index contributed by atoms with van der Waals surface area (Å²) in [5.41, 5.74) is 2.66. The topological polar surface area (TPSA) is 40.0 Å². The van der Waals surface area contributed by atoms with Gasteiger partial charge in [-0.3, -0.25) is 0 Å². The minimum Gasteiger partial charge on any atom is -0.859 e. The zero-order chi connectivity index (χ0) is 17.3. The molecule has 3 aromatic rings. The highest BCUT2D eigenvalue weighted by molar-refractivity contribution is 7.81. The molecule has 0 radical (unpaired) electrons. The molecule has 0 bridgehead atoms. The highest BCUT2D eigenvalue weighted by Gasteiger charge is 2.11. The second-order valence-corrected chi connectivity index (χ2v) is 7.62. The van der Waals surface area contributed by atoms with Gasteiger partial charge in [-0.05, 0) is 61.4 Å². The Morgan fingerprint density at radius 3 is 2.38 bits per heavy atom. The van der Waals surface area contributed by atoms with Crippen LogP contribution in [0, 0.1) is 10.9 Å². The van der Waals surface area contributed by atoms with E-state index in [2.05, 4.69) is 5.32 Å². The highest BCUT2D eigenvalue weighted by Crippen LogP contribution is 2.29. The van der Waals surface area contributed by atoms with Crippen LogP contribution in [0.2, 0.25) is 5.02 Å². The van der Waals surface area contributed by atoms with Crippen LogP contribution < -0.4 is 10.4 Å². The fraction of sp³-hybridized carbons (Fsp3) is 0.0588. The van der Waals surface area contributed by atoms with Crippen LogP contribution in [-0.2, 0) is 0 Å². The Labute approximate surface area is 159 Å². The molecule has 0 atom stereocenters. The lowest BCUT2D eigenvalue weighted by Gasteiger charge is -2.15. The third kappa shape index (κ3) is 3.52. The Balaban J connectivity index is 1.93. The molecule has 0 saturated heterocycles. The van der Waals surface area contributed by atoms with Crippen LogP contribution in [0.15, 0.2) is 48.5 Å². The van der Waals surface area contributed by atoms with Crippen molar-refractivity contribution in [1.29, 1.82) is 0 Å². The fourth-order valence-corrected chi connectivity index (χ4v) is 3.81. The van der Waals surface area contributed by atoms with Gasteiger partial charge in [0.1, 0.15) is 4.99 Å². The summed E-state index contributed by atoms with van der Waals surface area (Å²) < 4.78 is 1.92. The van der Waals surface area contributed by atoms with Crippen molar-refractivity contribution < 1.29 is 5.11 Å². The maximum absolute atomic E-state index is 12.7. The van der Waals surface area contributed by atoms with E-state index in [0.29, 0.717) is 24.5 Å². The summed E-state index contributed by atoms with van der Waals surface area (Å²) in [4.78, 5) is 0.790. The molecule has 0 unspecified atom stereocenters. The van der Waals surface area contributed by atoms with Crippen LogP contribution in [0.1, 0.15) is 10.4 Å². The van der Waals surface area contributed by atoms with E-state index in [0.717, 1.165) is 11.3 Å². The molecular formula is C17H12ClN2OS3-. The number of aromatic nitrogens is 1. The van der Waals surface area contributed by atoms with E-state index in [-0.39, 0.29) is 5.88 Å². The molecule has 0 spiro atoms. The lowest BCUT2D eigenvalue weighted by molar-refractivity contribution is -0.277. The summed E-state index contributed by atoms with van der Waals surface area (Å²) in [6, 6.07) is 14.7. The van der Waals surface area contributed by atoms with Crippen LogP contribution in [0.3, 0.4) is 0 Å². The monoisotopic (exact) mass is 391 g/mol. The Morgan fingerprint density at radius 1 is 1.12 bits per heavy atom. The molecule has 1 aromatic heterocycles. The predicted octanol–water partition coefficient (Wildman–Crippen LogP) is 5.09. The average molecular weight is 392 g/mol. The molecular weight excluding hydrogens is 380 g/mol. The van der Waals surface area contributed by atoms with Gasteiger partial charge in [0, 0.05) is 16.4 Å². The molecule has 0 aliphatic heterocycles. The Kier molecular flexibility index (Phi) is 5.01. The van der Waals surface area contributed by atoms with Crippen LogP contribution >= 0.6 is 47.4 Å². The number of thiazole rings is 1.